The summed E-state index contributed by atoms with van der Waals surface area (Å²) < 4.78 is 53.5. The molecule has 31 heavy (non-hydrogen) atoms. The maximum Gasteiger partial charge on any atom is 0.393 e. The molecule has 3 aromatic heterocycles. The average molecular weight is 427 g/mol. The maximum atomic E-state index is 13.5. The maximum absolute atomic E-state index is 13.5. The van der Waals surface area contributed by atoms with E-state index in [4.69, 9.17) is 0 Å². The van der Waals surface area contributed by atoms with Gasteiger partial charge in [-0.25, -0.2) is 18.9 Å². The Morgan fingerprint density at radius 1 is 1.03 bits per heavy atom. The molecule has 1 aliphatic carbocycles. The molecule has 0 aliphatic heterocycles. The number of fused-ring (bicyclic) bond motifs is 1. The van der Waals surface area contributed by atoms with Crippen molar-refractivity contribution < 1.29 is 17.6 Å². The number of hydrogen-bond acceptors (Lipinski definition) is 4. The van der Waals surface area contributed by atoms with Gasteiger partial charge in [-0.1, -0.05) is 6.07 Å². The quantitative estimate of drug-likeness (QED) is 0.441. The summed E-state index contributed by atoms with van der Waals surface area (Å²) in [6, 6.07) is 10.9. The van der Waals surface area contributed by atoms with Gasteiger partial charge in [0.2, 0.25) is 5.95 Å². The summed E-state index contributed by atoms with van der Waals surface area (Å²) in [4.78, 5) is 8.86. The van der Waals surface area contributed by atoms with Crippen molar-refractivity contribution in [3.63, 3.8) is 0 Å². The number of benzene rings is 1. The predicted molar refractivity (Wildman–Crippen MR) is 108 cm³/mol. The minimum Gasteiger partial charge on any atom is -0.351 e. The van der Waals surface area contributed by atoms with E-state index in [2.05, 4.69) is 20.4 Å². The van der Waals surface area contributed by atoms with Crippen LogP contribution < -0.4 is 5.32 Å². The Morgan fingerprint density at radius 2 is 1.81 bits per heavy atom. The van der Waals surface area contributed by atoms with Gasteiger partial charge in [0.1, 0.15) is 11.5 Å². The molecule has 5 nitrogen and oxygen atoms in total. The van der Waals surface area contributed by atoms with Crippen molar-refractivity contribution in [2.75, 3.05) is 5.32 Å². The summed E-state index contributed by atoms with van der Waals surface area (Å²) in [5.74, 6) is 0.0950. The fourth-order valence-electron chi connectivity index (χ4n) is 3.47. The highest BCUT2D eigenvalue weighted by atomic mass is 19.4. The van der Waals surface area contributed by atoms with E-state index in [-0.39, 0.29) is 11.4 Å². The first-order chi connectivity index (χ1) is 14.9. The summed E-state index contributed by atoms with van der Waals surface area (Å²) in [6.45, 7) is 0. The van der Waals surface area contributed by atoms with Crippen molar-refractivity contribution in [1.29, 1.82) is 0 Å². The highest BCUT2D eigenvalue weighted by Crippen LogP contribution is 2.35. The first kappa shape index (κ1) is 19.5. The molecule has 9 heteroatoms. The van der Waals surface area contributed by atoms with E-state index in [1.807, 2.05) is 0 Å². The van der Waals surface area contributed by atoms with Crippen LogP contribution in [0.4, 0.5) is 23.5 Å². The van der Waals surface area contributed by atoms with Crippen LogP contribution in [0.5, 0.6) is 0 Å². The standard InChI is InChI=1S/C22H17F4N5/c23-15-4-2-14(3-5-15)20-19(17-9-10-27-21(29-17)28-16-6-7-16)18-8-1-13(11-22(24,25)26)12-31(18)30-20/h1-5,8-10,12,16H,6-7,11H2,(H,27,28,29). The Bertz CT molecular complexity index is 1240. The van der Waals surface area contributed by atoms with Crippen molar-refractivity contribution in [1.82, 2.24) is 19.6 Å². The van der Waals surface area contributed by atoms with Crippen molar-refractivity contribution in [3.8, 4) is 22.5 Å². The van der Waals surface area contributed by atoms with E-state index >= 15 is 0 Å². The normalized spacial score (nSPS) is 14.2. The fraction of sp³-hybridized carbons (Fsp3) is 0.227. The number of nitrogens with one attached hydrogen (secondary N) is 1. The lowest BCUT2D eigenvalue weighted by molar-refractivity contribution is -0.127. The van der Waals surface area contributed by atoms with Crippen LogP contribution in [0.15, 0.2) is 54.9 Å². The summed E-state index contributed by atoms with van der Waals surface area (Å²) in [5, 5.41) is 7.77. The first-order valence-corrected chi connectivity index (χ1v) is 9.80. The van der Waals surface area contributed by atoms with Crippen LogP contribution in [-0.4, -0.2) is 31.8 Å². The molecule has 4 aromatic rings. The van der Waals surface area contributed by atoms with Gasteiger partial charge in [-0.05, 0) is 54.8 Å². The van der Waals surface area contributed by atoms with Crippen LogP contribution in [0, 0.1) is 5.82 Å². The van der Waals surface area contributed by atoms with Gasteiger partial charge in [0, 0.05) is 24.0 Å². The van der Waals surface area contributed by atoms with Crippen LogP contribution in [0.25, 0.3) is 28.0 Å². The number of anilines is 1. The van der Waals surface area contributed by atoms with E-state index < -0.39 is 12.6 Å². The highest BCUT2D eigenvalue weighted by molar-refractivity contribution is 5.91. The number of aromatic nitrogens is 4. The van der Waals surface area contributed by atoms with Crippen LogP contribution in [0.3, 0.4) is 0 Å². The smallest absolute Gasteiger partial charge is 0.351 e. The van der Waals surface area contributed by atoms with Gasteiger partial charge in [0.25, 0.3) is 0 Å². The van der Waals surface area contributed by atoms with Gasteiger partial charge in [-0.3, -0.25) is 0 Å². The Balaban J connectivity index is 1.66. The third-order valence-electron chi connectivity index (χ3n) is 5.04. The molecule has 1 aliphatic rings. The lowest BCUT2D eigenvalue weighted by Gasteiger charge is -2.08. The minimum absolute atomic E-state index is 0.0958. The Morgan fingerprint density at radius 3 is 2.52 bits per heavy atom. The molecule has 1 fully saturated rings. The summed E-state index contributed by atoms with van der Waals surface area (Å²) in [6.07, 6.45) is -0.250. The molecule has 0 atom stereocenters. The van der Waals surface area contributed by atoms with E-state index in [9.17, 15) is 17.6 Å². The third-order valence-corrected chi connectivity index (χ3v) is 5.04. The van der Waals surface area contributed by atoms with E-state index in [1.165, 1.54) is 28.9 Å². The fourth-order valence-corrected chi connectivity index (χ4v) is 3.47. The van der Waals surface area contributed by atoms with Crippen molar-refractivity contribution in [2.45, 2.75) is 31.5 Å². The van der Waals surface area contributed by atoms with Gasteiger partial charge < -0.3 is 5.32 Å². The largest absolute Gasteiger partial charge is 0.393 e. The van der Waals surface area contributed by atoms with Crippen molar-refractivity contribution in [2.24, 2.45) is 0 Å². The van der Waals surface area contributed by atoms with E-state index in [0.29, 0.717) is 40.0 Å². The molecule has 158 valence electrons. The topological polar surface area (TPSA) is 55.1 Å². The zero-order chi connectivity index (χ0) is 21.6. The third kappa shape index (κ3) is 4.21. The zero-order valence-electron chi connectivity index (χ0n) is 16.2. The van der Waals surface area contributed by atoms with Crippen LogP contribution in [-0.2, 0) is 6.42 Å². The highest BCUT2D eigenvalue weighted by Gasteiger charge is 2.28. The van der Waals surface area contributed by atoms with E-state index in [1.54, 1.807) is 30.5 Å². The van der Waals surface area contributed by atoms with Crippen LogP contribution >= 0.6 is 0 Å². The Kier molecular flexibility index (Phi) is 4.60. The average Bonchev–Trinajstić information content (AvgIpc) is 3.45. The number of alkyl halides is 3. The number of pyridine rings is 1. The molecule has 0 spiro atoms. The monoisotopic (exact) mass is 427 g/mol. The lowest BCUT2D eigenvalue weighted by Crippen LogP contribution is -2.12. The second-order valence-electron chi connectivity index (χ2n) is 7.57. The second kappa shape index (κ2) is 7.33. The summed E-state index contributed by atoms with van der Waals surface area (Å²) in [7, 11) is 0. The van der Waals surface area contributed by atoms with Gasteiger partial charge >= 0.3 is 6.18 Å². The zero-order valence-corrected chi connectivity index (χ0v) is 16.2. The van der Waals surface area contributed by atoms with Gasteiger partial charge in [0.15, 0.2) is 0 Å². The molecular formula is C22H17F4N5. The Hall–Kier alpha value is -3.49. The molecule has 0 saturated heterocycles. The number of halogens is 4. The molecule has 5 rings (SSSR count). The second-order valence-corrected chi connectivity index (χ2v) is 7.57. The van der Waals surface area contributed by atoms with Crippen LogP contribution in [0.1, 0.15) is 18.4 Å². The molecular weight excluding hydrogens is 410 g/mol. The van der Waals surface area contributed by atoms with Crippen molar-refractivity contribution >= 4 is 11.5 Å². The predicted octanol–water partition coefficient (Wildman–Crippen LogP) is 5.28. The van der Waals surface area contributed by atoms with Gasteiger partial charge in [-0.15, -0.1) is 0 Å². The number of hydrogen-bond donors (Lipinski definition) is 1. The summed E-state index contributed by atoms with van der Waals surface area (Å²) in [5.41, 5.74) is 3.05. The summed E-state index contributed by atoms with van der Waals surface area (Å²) >= 11 is 0. The van der Waals surface area contributed by atoms with Crippen molar-refractivity contribution in [3.05, 3.63) is 66.2 Å². The number of nitrogens with zero attached hydrogens (tertiary/aromatic N) is 4. The van der Waals surface area contributed by atoms with E-state index in [0.717, 1.165) is 12.8 Å². The molecule has 1 N–H and O–H groups in total. The number of rotatable bonds is 5. The molecule has 0 unspecified atom stereocenters. The Labute approximate surface area is 174 Å². The van der Waals surface area contributed by atoms with Crippen LogP contribution in [0.2, 0.25) is 0 Å². The lowest BCUT2D eigenvalue weighted by atomic mass is 10.0. The molecule has 3 heterocycles. The molecule has 1 aromatic carbocycles. The SMILES string of the molecule is Fc1ccc(-c2nn3cc(CC(F)(F)F)ccc3c2-c2ccnc(NC3CC3)n2)cc1. The first-order valence-electron chi connectivity index (χ1n) is 9.80. The molecule has 0 bridgehead atoms. The minimum atomic E-state index is -4.32. The van der Waals surface area contributed by atoms with Gasteiger partial charge in [0.05, 0.1) is 23.2 Å². The molecule has 0 radical (unpaired) electrons. The molecule has 0 amide bonds. The molecule has 1 saturated carbocycles. The van der Waals surface area contributed by atoms with Gasteiger partial charge in [-0.2, -0.15) is 18.3 Å².